The molecule has 0 atom stereocenters. The molecule has 0 aliphatic rings. The van der Waals surface area contributed by atoms with Gasteiger partial charge in [-0.1, -0.05) is 19.1 Å². The van der Waals surface area contributed by atoms with E-state index < -0.39 is 0 Å². The summed E-state index contributed by atoms with van der Waals surface area (Å²) >= 11 is 3.23. The van der Waals surface area contributed by atoms with Crippen molar-refractivity contribution < 1.29 is 9.13 Å². The van der Waals surface area contributed by atoms with Crippen LogP contribution >= 0.6 is 15.9 Å². The summed E-state index contributed by atoms with van der Waals surface area (Å²) in [5, 5.41) is 0. The molecular weight excluding hydrogens is 247 g/mol. The number of ether oxygens (including phenoxy) is 1. The minimum atomic E-state index is -0.270. The Hall–Kier alpha value is -0.830. The topological polar surface area (TPSA) is 9.23 Å². The van der Waals surface area contributed by atoms with Crippen LogP contribution < -0.4 is 4.74 Å². The normalized spacial score (nSPS) is 10.8. The van der Waals surface area contributed by atoms with E-state index in [2.05, 4.69) is 22.9 Å². The molecule has 0 heterocycles. The minimum absolute atomic E-state index is 0.270. The molecule has 1 aromatic carbocycles. The molecule has 0 fully saturated rings. The first-order chi connectivity index (χ1) is 6.74. The second kappa shape index (κ2) is 5.81. The van der Waals surface area contributed by atoms with Crippen LogP contribution in [0.2, 0.25) is 0 Å². The first-order valence-electron chi connectivity index (χ1n) is 4.47. The second-order valence-electron chi connectivity index (χ2n) is 2.77. The highest BCUT2D eigenvalue weighted by Gasteiger charge is 2.00. The van der Waals surface area contributed by atoms with Crippen LogP contribution in [0.15, 0.2) is 34.8 Å². The predicted octanol–water partition coefficient (Wildman–Crippen LogP) is 3.93. The standard InChI is InChI=1S/C11H12BrFO/c1-2-3-4-7-14-11-6-5-9(13)8-10(11)12/h3-6,8H,2,7H2,1H3. The zero-order valence-electron chi connectivity index (χ0n) is 7.97. The maximum atomic E-state index is 12.7. The Labute approximate surface area is 91.7 Å². The van der Waals surface area contributed by atoms with Crippen molar-refractivity contribution in [1.82, 2.24) is 0 Å². The molecule has 14 heavy (non-hydrogen) atoms. The van der Waals surface area contributed by atoms with Crippen LogP contribution in [0, 0.1) is 5.82 Å². The average Bonchev–Trinajstić information content (AvgIpc) is 2.15. The molecule has 0 bridgehead atoms. The lowest BCUT2D eigenvalue weighted by molar-refractivity contribution is 0.359. The van der Waals surface area contributed by atoms with Gasteiger partial charge >= 0.3 is 0 Å². The lowest BCUT2D eigenvalue weighted by atomic mass is 10.3. The summed E-state index contributed by atoms with van der Waals surface area (Å²) in [6, 6.07) is 4.38. The van der Waals surface area contributed by atoms with Crippen LogP contribution in [0.5, 0.6) is 5.75 Å². The first kappa shape index (κ1) is 11.2. The van der Waals surface area contributed by atoms with Gasteiger partial charge < -0.3 is 4.74 Å². The third-order valence-electron chi connectivity index (χ3n) is 1.63. The van der Waals surface area contributed by atoms with Crippen molar-refractivity contribution in [2.75, 3.05) is 6.61 Å². The first-order valence-corrected chi connectivity index (χ1v) is 5.26. The van der Waals surface area contributed by atoms with Crippen LogP contribution in [-0.2, 0) is 0 Å². The summed E-state index contributed by atoms with van der Waals surface area (Å²) in [6.07, 6.45) is 4.96. The highest BCUT2D eigenvalue weighted by atomic mass is 79.9. The molecule has 0 unspecified atom stereocenters. The van der Waals surface area contributed by atoms with E-state index in [4.69, 9.17) is 4.74 Å². The molecule has 0 spiro atoms. The molecule has 76 valence electrons. The van der Waals surface area contributed by atoms with E-state index in [1.54, 1.807) is 6.07 Å². The Balaban J connectivity index is 2.55. The van der Waals surface area contributed by atoms with Gasteiger partial charge in [0.1, 0.15) is 18.2 Å². The Kier molecular flexibility index (Phi) is 4.66. The number of allylic oxidation sites excluding steroid dienone is 1. The molecule has 1 nitrogen and oxygen atoms in total. The Bertz CT molecular complexity index is 323. The number of hydrogen-bond donors (Lipinski definition) is 0. The Morgan fingerprint density at radius 2 is 2.21 bits per heavy atom. The van der Waals surface area contributed by atoms with E-state index in [1.165, 1.54) is 12.1 Å². The van der Waals surface area contributed by atoms with Gasteiger partial charge in [0, 0.05) is 0 Å². The van der Waals surface area contributed by atoms with Crippen LogP contribution in [0.4, 0.5) is 4.39 Å². The molecule has 0 radical (unpaired) electrons. The molecule has 1 aromatic rings. The molecule has 0 N–H and O–H groups in total. The van der Waals surface area contributed by atoms with E-state index in [-0.39, 0.29) is 5.82 Å². The summed E-state index contributed by atoms with van der Waals surface area (Å²) in [4.78, 5) is 0. The van der Waals surface area contributed by atoms with Gasteiger partial charge in [0.25, 0.3) is 0 Å². The average molecular weight is 259 g/mol. The number of hydrogen-bond acceptors (Lipinski definition) is 1. The Morgan fingerprint density at radius 1 is 1.43 bits per heavy atom. The monoisotopic (exact) mass is 258 g/mol. The van der Waals surface area contributed by atoms with Crippen LogP contribution in [0.3, 0.4) is 0 Å². The molecular formula is C11H12BrFO. The molecule has 1 rings (SSSR count). The van der Waals surface area contributed by atoms with Crippen molar-refractivity contribution in [3.8, 4) is 5.75 Å². The van der Waals surface area contributed by atoms with E-state index in [1.807, 2.05) is 12.2 Å². The second-order valence-corrected chi connectivity index (χ2v) is 3.62. The third-order valence-corrected chi connectivity index (χ3v) is 2.25. The quantitative estimate of drug-likeness (QED) is 0.744. The smallest absolute Gasteiger partial charge is 0.134 e. The van der Waals surface area contributed by atoms with Gasteiger partial charge in [-0.25, -0.2) is 4.39 Å². The fourth-order valence-corrected chi connectivity index (χ4v) is 1.43. The van der Waals surface area contributed by atoms with E-state index >= 15 is 0 Å². The molecule has 0 amide bonds. The van der Waals surface area contributed by atoms with Gasteiger partial charge in [-0.05, 0) is 40.5 Å². The SMILES string of the molecule is CCC=CCOc1ccc(F)cc1Br. The summed E-state index contributed by atoms with van der Waals surface area (Å²) in [7, 11) is 0. The lowest BCUT2D eigenvalue weighted by Gasteiger charge is -2.05. The molecule has 0 saturated heterocycles. The van der Waals surface area contributed by atoms with Gasteiger partial charge in [0.2, 0.25) is 0 Å². The molecule has 3 heteroatoms. The zero-order chi connectivity index (χ0) is 10.4. The lowest BCUT2D eigenvalue weighted by Crippen LogP contribution is -1.94. The summed E-state index contributed by atoms with van der Waals surface area (Å²) in [5.41, 5.74) is 0. The fraction of sp³-hybridized carbons (Fsp3) is 0.273. The van der Waals surface area contributed by atoms with Crippen LogP contribution in [0.1, 0.15) is 13.3 Å². The highest BCUT2D eigenvalue weighted by Crippen LogP contribution is 2.25. The van der Waals surface area contributed by atoms with Crippen LogP contribution in [0.25, 0.3) is 0 Å². The van der Waals surface area contributed by atoms with Crippen molar-refractivity contribution in [3.63, 3.8) is 0 Å². The highest BCUT2D eigenvalue weighted by molar-refractivity contribution is 9.10. The van der Waals surface area contributed by atoms with Crippen molar-refractivity contribution >= 4 is 15.9 Å². The maximum Gasteiger partial charge on any atom is 0.134 e. The predicted molar refractivity (Wildman–Crippen MR) is 59.0 cm³/mol. The summed E-state index contributed by atoms with van der Waals surface area (Å²) in [5.74, 6) is 0.389. The largest absolute Gasteiger partial charge is 0.488 e. The van der Waals surface area contributed by atoms with E-state index in [0.29, 0.717) is 16.8 Å². The van der Waals surface area contributed by atoms with Crippen molar-refractivity contribution in [3.05, 3.63) is 40.6 Å². The van der Waals surface area contributed by atoms with Crippen molar-refractivity contribution in [2.24, 2.45) is 0 Å². The molecule has 0 aliphatic heterocycles. The number of benzene rings is 1. The molecule has 0 aliphatic carbocycles. The van der Waals surface area contributed by atoms with Crippen molar-refractivity contribution in [1.29, 1.82) is 0 Å². The maximum absolute atomic E-state index is 12.7. The van der Waals surface area contributed by atoms with Gasteiger partial charge in [0.05, 0.1) is 4.47 Å². The van der Waals surface area contributed by atoms with E-state index in [0.717, 1.165) is 6.42 Å². The van der Waals surface area contributed by atoms with Gasteiger partial charge in [-0.2, -0.15) is 0 Å². The number of halogens is 2. The van der Waals surface area contributed by atoms with Crippen LogP contribution in [-0.4, -0.2) is 6.61 Å². The minimum Gasteiger partial charge on any atom is -0.488 e. The van der Waals surface area contributed by atoms with Gasteiger partial charge in [-0.3, -0.25) is 0 Å². The number of rotatable bonds is 4. The summed E-state index contributed by atoms with van der Waals surface area (Å²) in [6.45, 7) is 2.57. The zero-order valence-corrected chi connectivity index (χ0v) is 9.55. The summed E-state index contributed by atoms with van der Waals surface area (Å²) < 4.78 is 18.7. The van der Waals surface area contributed by atoms with Crippen molar-refractivity contribution in [2.45, 2.75) is 13.3 Å². The fourth-order valence-electron chi connectivity index (χ4n) is 0.965. The molecule has 0 saturated carbocycles. The third kappa shape index (κ3) is 3.50. The molecule has 0 aromatic heterocycles. The Morgan fingerprint density at radius 3 is 2.86 bits per heavy atom. The van der Waals surface area contributed by atoms with Gasteiger partial charge in [0.15, 0.2) is 0 Å². The van der Waals surface area contributed by atoms with Gasteiger partial charge in [-0.15, -0.1) is 0 Å². The van der Waals surface area contributed by atoms with E-state index in [9.17, 15) is 4.39 Å².